The van der Waals surface area contributed by atoms with E-state index in [1.54, 1.807) is 14.2 Å². The highest BCUT2D eigenvalue weighted by atomic mass is 16.7. The zero-order valence-electron chi connectivity index (χ0n) is 10.3. The van der Waals surface area contributed by atoms with E-state index in [1.165, 1.54) is 0 Å². The SMILES string of the molecule is COC(CNC(=O)CCCCCCN)OC. The first-order valence-corrected chi connectivity index (χ1v) is 5.77. The number of methoxy groups -OCH3 is 2. The molecule has 0 unspecified atom stereocenters. The van der Waals surface area contributed by atoms with Crippen molar-refractivity contribution in [1.82, 2.24) is 5.32 Å². The molecule has 0 aromatic heterocycles. The van der Waals surface area contributed by atoms with Crippen molar-refractivity contribution in [2.24, 2.45) is 5.73 Å². The molecule has 0 aliphatic rings. The Bertz CT molecular complexity index is 173. The number of hydrogen-bond donors (Lipinski definition) is 2. The molecule has 96 valence electrons. The number of nitrogens with one attached hydrogen (secondary N) is 1. The molecule has 0 aromatic carbocycles. The summed E-state index contributed by atoms with van der Waals surface area (Å²) in [5, 5.41) is 2.76. The standard InChI is InChI=1S/C11H24N2O3/c1-15-11(16-2)9-13-10(14)7-5-3-4-6-8-12/h11H,3-9,12H2,1-2H3,(H,13,14). The Labute approximate surface area is 97.7 Å². The second kappa shape index (κ2) is 10.9. The van der Waals surface area contributed by atoms with Crippen LogP contribution in [0.4, 0.5) is 0 Å². The Hall–Kier alpha value is -0.650. The number of hydrogen-bond acceptors (Lipinski definition) is 4. The van der Waals surface area contributed by atoms with E-state index in [1.807, 2.05) is 0 Å². The van der Waals surface area contributed by atoms with Crippen LogP contribution in [0.1, 0.15) is 32.1 Å². The van der Waals surface area contributed by atoms with Crippen LogP contribution < -0.4 is 11.1 Å². The first-order valence-electron chi connectivity index (χ1n) is 5.77. The van der Waals surface area contributed by atoms with Gasteiger partial charge in [-0.3, -0.25) is 4.79 Å². The summed E-state index contributed by atoms with van der Waals surface area (Å²) < 4.78 is 9.91. The molecule has 3 N–H and O–H groups in total. The Balaban J connectivity index is 3.37. The molecule has 0 saturated heterocycles. The minimum absolute atomic E-state index is 0.0480. The van der Waals surface area contributed by atoms with Crippen molar-refractivity contribution >= 4 is 5.91 Å². The van der Waals surface area contributed by atoms with Gasteiger partial charge in [0.05, 0.1) is 6.54 Å². The molecule has 0 bridgehead atoms. The molecule has 16 heavy (non-hydrogen) atoms. The zero-order valence-corrected chi connectivity index (χ0v) is 10.3. The van der Waals surface area contributed by atoms with Gasteiger partial charge < -0.3 is 20.5 Å². The molecule has 0 saturated carbocycles. The Morgan fingerprint density at radius 3 is 2.38 bits per heavy atom. The molecule has 0 spiro atoms. The number of amides is 1. The quantitative estimate of drug-likeness (QED) is 0.428. The summed E-state index contributed by atoms with van der Waals surface area (Å²) in [7, 11) is 3.10. The van der Waals surface area contributed by atoms with Crippen molar-refractivity contribution in [2.75, 3.05) is 27.3 Å². The van der Waals surface area contributed by atoms with Crippen molar-refractivity contribution in [3.8, 4) is 0 Å². The van der Waals surface area contributed by atoms with Gasteiger partial charge >= 0.3 is 0 Å². The maximum Gasteiger partial charge on any atom is 0.220 e. The van der Waals surface area contributed by atoms with Gasteiger partial charge in [-0.15, -0.1) is 0 Å². The molecule has 0 aromatic rings. The fraction of sp³-hybridized carbons (Fsp3) is 0.909. The third-order valence-electron chi connectivity index (χ3n) is 2.35. The van der Waals surface area contributed by atoms with Crippen molar-refractivity contribution in [3.05, 3.63) is 0 Å². The monoisotopic (exact) mass is 232 g/mol. The fourth-order valence-electron chi connectivity index (χ4n) is 1.33. The van der Waals surface area contributed by atoms with Crippen LogP contribution in [0.2, 0.25) is 0 Å². The van der Waals surface area contributed by atoms with Crippen LogP contribution in [-0.2, 0) is 14.3 Å². The molecule has 5 heteroatoms. The second-order valence-electron chi connectivity index (χ2n) is 3.66. The van der Waals surface area contributed by atoms with E-state index >= 15 is 0 Å². The van der Waals surface area contributed by atoms with Crippen LogP contribution in [0.5, 0.6) is 0 Å². The predicted molar refractivity (Wildman–Crippen MR) is 63.0 cm³/mol. The maximum absolute atomic E-state index is 11.4. The lowest BCUT2D eigenvalue weighted by atomic mass is 10.1. The van der Waals surface area contributed by atoms with E-state index < -0.39 is 0 Å². The van der Waals surface area contributed by atoms with Crippen molar-refractivity contribution in [2.45, 2.75) is 38.4 Å². The summed E-state index contributed by atoms with van der Waals surface area (Å²) in [4.78, 5) is 11.4. The van der Waals surface area contributed by atoms with E-state index in [9.17, 15) is 4.79 Å². The largest absolute Gasteiger partial charge is 0.354 e. The van der Waals surface area contributed by atoms with Gasteiger partial charge in [-0.1, -0.05) is 12.8 Å². The fourth-order valence-corrected chi connectivity index (χ4v) is 1.33. The van der Waals surface area contributed by atoms with Gasteiger partial charge in [-0.25, -0.2) is 0 Å². The number of rotatable bonds is 10. The van der Waals surface area contributed by atoms with Gasteiger partial charge in [-0.05, 0) is 19.4 Å². The average Bonchev–Trinajstić information content (AvgIpc) is 2.30. The maximum atomic E-state index is 11.4. The van der Waals surface area contributed by atoms with E-state index in [4.69, 9.17) is 15.2 Å². The van der Waals surface area contributed by atoms with Crippen LogP contribution in [0.15, 0.2) is 0 Å². The highest BCUT2D eigenvalue weighted by Crippen LogP contribution is 2.02. The summed E-state index contributed by atoms with van der Waals surface area (Å²) in [6, 6.07) is 0. The van der Waals surface area contributed by atoms with Crippen LogP contribution in [0, 0.1) is 0 Å². The normalized spacial score (nSPS) is 10.8. The lowest BCUT2D eigenvalue weighted by molar-refractivity contribution is -0.127. The molecule has 0 aliphatic heterocycles. The number of carbonyl (C=O) groups is 1. The second-order valence-corrected chi connectivity index (χ2v) is 3.66. The molecule has 0 aliphatic carbocycles. The van der Waals surface area contributed by atoms with Gasteiger partial charge in [0, 0.05) is 20.6 Å². The van der Waals surface area contributed by atoms with E-state index in [2.05, 4.69) is 5.32 Å². The Morgan fingerprint density at radius 1 is 1.19 bits per heavy atom. The van der Waals surface area contributed by atoms with E-state index in [0.717, 1.165) is 32.2 Å². The Morgan fingerprint density at radius 2 is 1.81 bits per heavy atom. The number of nitrogens with two attached hydrogens (primary N) is 1. The van der Waals surface area contributed by atoms with Crippen molar-refractivity contribution < 1.29 is 14.3 Å². The van der Waals surface area contributed by atoms with Gasteiger partial charge in [0.15, 0.2) is 6.29 Å². The van der Waals surface area contributed by atoms with Gasteiger partial charge in [0.1, 0.15) is 0 Å². The van der Waals surface area contributed by atoms with E-state index in [0.29, 0.717) is 13.0 Å². The average molecular weight is 232 g/mol. The minimum Gasteiger partial charge on any atom is -0.354 e. The van der Waals surface area contributed by atoms with Crippen molar-refractivity contribution in [3.63, 3.8) is 0 Å². The molecule has 1 amide bonds. The molecule has 0 heterocycles. The van der Waals surface area contributed by atoms with Gasteiger partial charge in [-0.2, -0.15) is 0 Å². The molecular formula is C11H24N2O3. The summed E-state index contributed by atoms with van der Waals surface area (Å²) in [6.45, 7) is 1.13. The third kappa shape index (κ3) is 8.64. The van der Waals surface area contributed by atoms with Crippen LogP contribution in [-0.4, -0.2) is 39.5 Å². The van der Waals surface area contributed by atoms with Crippen molar-refractivity contribution in [1.29, 1.82) is 0 Å². The molecule has 0 fully saturated rings. The van der Waals surface area contributed by atoms with Gasteiger partial charge in [0.2, 0.25) is 5.91 Å². The summed E-state index contributed by atoms with van der Waals surface area (Å²) in [5.41, 5.74) is 5.38. The van der Waals surface area contributed by atoms with Crippen LogP contribution >= 0.6 is 0 Å². The first-order chi connectivity index (χ1) is 7.74. The summed E-state index contributed by atoms with van der Waals surface area (Å²) in [6.07, 6.45) is 4.31. The molecule has 0 radical (unpaired) electrons. The Kier molecular flexibility index (Phi) is 10.4. The number of unbranched alkanes of at least 4 members (excludes halogenated alkanes) is 3. The van der Waals surface area contributed by atoms with E-state index in [-0.39, 0.29) is 12.2 Å². The van der Waals surface area contributed by atoms with Gasteiger partial charge in [0.25, 0.3) is 0 Å². The lowest BCUT2D eigenvalue weighted by Crippen LogP contribution is -2.33. The third-order valence-corrected chi connectivity index (χ3v) is 2.35. The number of ether oxygens (including phenoxy) is 2. The number of carbonyl (C=O) groups excluding carboxylic acids is 1. The first kappa shape index (κ1) is 15.3. The highest BCUT2D eigenvalue weighted by molar-refractivity contribution is 5.75. The minimum atomic E-state index is -0.360. The lowest BCUT2D eigenvalue weighted by Gasteiger charge is -2.13. The molecule has 5 nitrogen and oxygen atoms in total. The molecular weight excluding hydrogens is 208 g/mol. The zero-order chi connectivity index (χ0) is 12.2. The van der Waals surface area contributed by atoms with Crippen LogP contribution in [0.25, 0.3) is 0 Å². The summed E-state index contributed by atoms with van der Waals surface area (Å²) in [5.74, 6) is 0.0480. The summed E-state index contributed by atoms with van der Waals surface area (Å²) >= 11 is 0. The molecule has 0 rings (SSSR count). The highest BCUT2D eigenvalue weighted by Gasteiger charge is 2.07. The smallest absolute Gasteiger partial charge is 0.220 e. The topological polar surface area (TPSA) is 73.6 Å². The van der Waals surface area contributed by atoms with Crippen LogP contribution in [0.3, 0.4) is 0 Å². The molecule has 0 atom stereocenters. The predicted octanol–water partition coefficient (Wildman–Crippen LogP) is 0.631.